The van der Waals surface area contributed by atoms with Crippen molar-refractivity contribution in [1.82, 2.24) is 15.2 Å². The normalized spacial score (nSPS) is 14.4. The molecular weight excluding hydrogens is 466 g/mol. The van der Waals surface area contributed by atoms with E-state index in [-0.39, 0.29) is 17.9 Å². The van der Waals surface area contributed by atoms with Crippen LogP contribution >= 0.6 is 0 Å². The summed E-state index contributed by atoms with van der Waals surface area (Å²) in [6, 6.07) is 22.1. The third-order valence-corrected chi connectivity index (χ3v) is 6.42. The molecule has 2 heterocycles. The topological polar surface area (TPSA) is 107 Å². The first-order valence-corrected chi connectivity index (χ1v) is 12.5. The van der Waals surface area contributed by atoms with E-state index in [1.807, 2.05) is 47.4 Å². The molecule has 4 rings (SSSR count). The first-order valence-electron chi connectivity index (χ1n) is 12.5. The third kappa shape index (κ3) is 7.38. The molecule has 1 saturated heterocycles. The highest BCUT2D eigenvalue weighted by atomic mass is 16.5. The van der Waals surface area contributed by atoms with Crippen molar-refractivity contribution in [3.63, 3.8) is 0 Å². The first-order chi connectivity index (χ1) is 18.0. The summed E-state index contributed by atoms with van der Waals surface area (Å²) in [7, 11) is 0. The van der Waals surface area contributed by atoms with Crippen molar-refractivity contribution in [2.24, 2.45) is 0 Å². The average molecular weight is 498 g/mol. The van der Waals surface area contributed by atoms with Gasteiger partial charge in [0, 0.05) is 39.4 Å². The molecule has 0 bridgehead atoms. The van der Waals surface area contributed by atoms with E-state index in [2.05, 4.69) is 21.7 Å². The zero-order valence-electron chi connectivity index (χ0n) is 20.9. The van der Waals surface area contributed by atoms with E-state index in [9.17, 15) is 9.59 Å². The van der Waals surface area contributed by atoms with Gasteiger partial charge in [-0.1, -0.05) is 42.5 Å². The van der Waals surface area contributed by atoms with Crippen LogP contribution in [0.25, 0.3) is 0 Å². The summed E-state index contributed by atoms with van der Waals surface area (Å²) < 4.78 is 6.03. The number of nitrogens with zero attached hydrogens (tertiary/aromatic N) is 3. The molecule has 1 aliphatic heterocycles. The number of hydrogen-bond acceptors (Lipinski definition) is 6. The number of ether oxygens (including phenoxy) is 1. The van der Waals surface area contributed by atoms with E-state index < -0.39 is 6.04 Å². The molecule has 0 saturated carbocycles. The van der Waals surface area contributed by atoms with Crippen LogP contribution in [0.3, 0.4) is 0 Å². The van der Waals surface area contributed by atoms with E-state index in [0.717, 1.165) is 30.4 Å². The Morgan fingerprint density at radius 1 is 1.08 bits per heavy atom. The lowest BCUT2D eigenvalue weighted by Gasteiger charge is -2.31. The fourth-order valence-electron chi connectivity index (χ4n) is 4.32. The van der Waals surface area contributed by atoms with Gasteiger partial charge in [0.25, 0.3) is 0 Å². The lowest BCUT2D eigenvalue weighted by atomic mass is 10.1. The van der Waals surface area contributed by atoms with Gasteiger partial charge in [-0.3, -0.25) is 9.59 Å². The van der Waals surface area contributed by atoms with E-state index in [0.29, 0.717) is 36.8 Å². The number of aromatic nitrogens is 1. The Morgan fingerprint density at radius 2 is 1.81 bits per heavy atom. The second-order valence-electron chi connectivity index (χ2n) is 9.05. The van der Waals surface area contributed by atoms with Crippen molar-refractivity contribution < 1.29 is 14.3 Å². The minimum Gasteiger partial charge on any atom is -0.489 e. The smallest absolute Gasteiger partial charge is 0.247 e. The molecule has 37 heavy (non-hydrogen) atoms. The van der Waals surface area contributed by atoms with E-state index >= 15 is 0 Å². The van der Waals surface area contributed by atoms with Gasteiger partial charge in [-0.25, -0.2) is 4.98 Å². The number of nitriles is 1. The van der Waals surface area contributed by atoms with Gasteiger partial charge < -0.3 is 20.3 Å². The van der Waals surface area contributed by atoms with Gasteiger partial charge in [-0.15, -0.1) is 0 Å². The first kappa shape index (κ1) is 25.9. The van der Waals surface area contributed by atoms with Gasteiger partial charge in [0.05, 0.1) is 17.8 Å². The molecule has 1 fully saturated rings. The molecule has 2 aromatic carbocycles. The molecule has 0 radical (unpaired) electrons. The van der Waals surface area contributed by atoms with Crippen molar-refractivity contribution in [1.29, 1.82) is 5.26 Å². The van der Waals surface area contributed by atoms with Crippen LogP contribution in [0.4, 0.5) is 5.82 Å². The Labute approximate surface area is 217 Å². The number of pyridine rings is 1. The van der Waals surface area contributed by atoms with Crippen molar-refractivity contribution >= 4 is 17.6 Å². The van der Waals surface area contributed by atoms with Gasteiger partial charge >= 0.3 is 0 Å². The van der Waals surface area contributed by atoms with Crippen LogP contribution in [-0.2, 0) is 16.0 Å². The van der Waals surface area contributed by atoms with Crippen LogP contribution in [0.5, 0.6) is 5.75 Å². The SMILES string of the molecule is CC(=O)N1CCC(Oc2ccc(NC(=O)C(NCCc3ccc(C#N)cc3)c3ccccc3)nc2)CC1. The highest BCUT2D eigenvalue weighted by Crippen LogP contribution is 2.21. The van der Waals surface area contributed by atoms with Gasteiger partial charge in [0.2, 0.25) is 11.8 Å². The molecule has 2 amide bonds. The molecule has 1 aromatic heterocycles. The van der Waals surface area contributed by atoms with Gasteiger partial charge in [0.15, 0.2) is 0 Å². The van der Waals surface area contributed by atoms with Crippen molar-refractivity contribution in [3.8, 4) is 11.8 Å². The summed E-state index contributed by atoms with van der Waals surface area (Å²) in [5.41, 5.74) is 2.57. The fourth-order valence-corrected chi connectivity index (χ4v) is 4.32. The van der Waals surface area contributed by atoms with Crippen LogP contribution in [0.1, 0.15) is 42.5 Å². The van der Waals surface area contributed by atoms with Gasteiger partial charge in [0.1, 0.15) is 23.7 Å². The minimum absolute atomic E-state index is 0.0422. The summed E-state index contributed by atoms with van der Waals surface area (Å²) in [6.45, 7) is 3.56. The highest BCUT2D eigenvalue weighted by molar-refractivity contribution is 5.94. The Hall–Kier alpha value is -4.22. The summed E-state index contributed by atoms with van der Waals surface area (Å²) >= 11 is 0. The predicted octanol–water partition coefficient (Wildman–Crippen LogP) is 3.86. The zero-order valence-corrected chi connectivity index (χ0v) is 20.9. The molecular formula is C29H31N5O3. The standard InChI is InChI=1S/C29H31N5O3/c1-21(35)34-17-14-25(15-18-34)37-26-11-12-27(32-20-26)33-29(36)28(24-5-3-2-4-6-24)31-16-13-22-7-9-23(19-30)10-8-22/h2-12,20,25,28,31H,13-18H2,1H3,(H,32,33,36). The molecule has 8 heteroatoms. The number of carbonyl (C=O) groups is 2. The van der Waals surface area contributed by atoms with E-state index in [1.54, 1.807) is 37.4 Å². The average Bonchev–Trinajstić information content (AvgIpc) is 2.93. The van der Waals surface area contributed by atoms with Crippen molar-refractivity contribution in [2.45, 2.75) is 38.3 Å². The number of likely N-dealkylation sites (tertiary alicyclic amines) is 1. The number of benzene rings is 2. The lowest BCUT2D eigenvalue weighted by Crippen LogP contribution is -2.40. The van der Waals surface area contributed by atoms with Gasteiger partial charge in [-0.2, -0.15) is 5.26 Å². The molecule has 2 N–H and O–H groups in total. The predicted molar refractivity (Wildman–Crippen MR) is 141 cm³/mol. The van der Waals surface area contributed by atoms with Crippen LogP contribution in [0, 0.1) is 11.3 Å². The number of nitrogens with one attached hydrogen (secondary N) is 2. The minimum atomic E-state index is -0.552. The monoisotopic (exact) mass is 497 g/mol. The van der Waals surface area contributed by atoms with E-state index in [4.69, 9.17) is 10.00 Å². The zero-order chi connectivity index (χ0) is 26.0. The Bertz CT molecular complexity index is 1220. The lowest BCUT2D eigenvalue weighted by molar-refractivity contribution is -0.130. The molecule has 8 nitrogen and oxygen atoms in total. The number of carbonyl (C=O) groups excluding carboxylic acids is 2. The fraction of sp³-hybridized carbons (Fsp3) is 0.310. The van der Waals surface area contributed by atoms with Gasteiger partial charge in [-0.05, 0) is 41.8 Å². The maximum Gasteiger partial charge on any atom is 0.247 e. The summed E-state index contributed by atoms with van der Waals surface area (Å²) in [5.74, 6) is 0.972. The molecule has 3 aromatic rings. The number of rotatable bonds is 9. The summed E-state index contributed by atoms with van der Waals surface area (Å²) in [5, 5.41) is 15.2. The number of piperidine rings is 1. The van der Waals surface area contributed by atoms with Crippen molar-refractivity contribution in [3.05, 3.63) is 89.6 Å². The number of hydrogen-bond donors (Lipinski definition) is 2. The molecule has 1 atom stereocenters. The van der Waals surface area contributed by atoms with Crippen LogP contribution < -0.4 is 15.4 Å². The van der Waals surface area contributed by atoms with E-state index in [1.165, 1.54) is 0 Å². The maximum absolute atomic E-state index is 13.2. The Morgan fingerprint density at radius 3 is 2.43 bits per heavy atom. The molecule has 0 spiro atoms. The third-order valence-electron chi connectivity index (χ3n) is 6.42. The summed E-state index contributed by atoms with van der Waals surface area (Å²) in [6.07, 6.45) is 3.94. The van der Waals surface area contributed by atoms with Crippen LogP contribution in [0.15, 0.2) is 72.9 Å². The Kier molecular flexibility index (Phi) is 8.84. The van der Waals surface area contributed by atoms with Crippen LogP contribution in [-0.4, -0.2) is 47.4 Å². The molecule has 190 valence electrons. The molecule has 1 aliphatic rings. The number of anilines is 1. The largest absolute Gasteiger partial charge is 0.489 e. The molecule has 1 unspecified atom stereocenters. The highest BCUT2D eigenvalue weighted by Gasteiger charge is 2.23. The summed E-state index contributed by atoms with van der Waals surface area (Å²) in [4.78, 5) is 30.9. The second-order valence-corrected chi connectivity index (χ2v) is 9.05. The van der Waals surface area contributed by atoms with Crippen molar-refractivity contribution in [2.75, 3.05) is 25.0 Å². The maximum atomic E-state index is 13.2. The van der Waals surface area contributed by atoms with Crippen LogP contribution in [0.2, 0.25) is 0 Å². The quantitative estimate of drug-likeness (QED) is 0.465. The second kappa shape index (κ2) is 12.7. The molecule has 0 aliphatic carbocycles. The number of amides is 2. The Balaban J connectivity index is 1.33.